The van der Waals surface area contributed by atoms with E-state index in [0.29, 0.717) is 11.3 Å². The van der Waals surface area contributed by atoms with Crippen molar-refractivity contribution in [1.29, 1.82) is 5.26 Å². The Morgan fingerprint density at radius 3 is 3.00 bits per heavy atom. The molecule has 7 heteroatoms. The van der Waals surface area contributed by atoms with Gasteiger partial charge in [0, 0.05) is 5.69 Å². The van der Waals surface area contributed by atoms with Crippen molar-refractivity contribution in [3.05, 3.63) is 35.7 Å². The number of aromatic nitrogens is 3. The van der Waals surface area contributed by atoms with E-state index in [1.807, 2.05) is 6.07 Å². The van der Waals surface area contributed by atoms with Crippen LogP contribution in [0, 0.1) is 11.3 Å². The van der Waals surface area contributed by atoms with Gasteiger partial charge < -0.3 is 11.1 Å². The number of amides is 1. The number of H-pyrrole nitrogens is 1. The van der Waals surface area contributed by atoms with E-state index in [1.54, 1.807) is 24.3 Å². The summed E-state index contributed by atoms with van der Waals surface area (Å²) in [6.07, 6.45) is 0. The number of rotatable bonds is 2. The highest BCUT2D eigenvalue weighted by Crippen LogP contribution is 2.10. The van der Waals surface area contributed by atoms with E-state index < -0.39 is 5.91 Å². The maximum Gasteiger partial charge on any atom is 0.293 e. The molecule has 0 aliphatic heterocycles. The fourth-order valence-corrected chi connectivity index (χ4v) is 1.23. The van der Waals surface area contributed by atoms with Crippen molar-refractivity contribution in [3.63, 3.8) is 0 Å². The monoisotopic (exact) mass is 228 g/mol. The van der Waals surface area contributed by atoms with Crippen LogP contribution in [0.3, 0.4) is 0 Å². The van der Waals surface area contributed by atoms with E-state index in [-0.39, 0.29) is 11.8 Å². The molecule has 1 aromatic carbocycles. The molecule has 0 spiro atoms. The van der Waals surface area contributed by atoms with Crippen LogP contribution in [0.4, 0.5) is 11.6 Å². The standard InChI is InChI=1S/C10H8N6O/c11-5-6-2-1-3-7(4-6)13-9(17)8-14-10(12)16-15-8/h1-4H,(H,13,17)(H3,12,14,15,16). The molecule has 0 bridgehead atoms. The Kier molecular flexibility index (Phi) is 2.70. The molecule has 1 aromatic heterocycles. The van der Waals surface area contributed by atoms with Crippen LogP contribution >= 0.6 is 0 Å². The van der Waals surface area contributed by atoms with Gasteiger partial charge in [-0.1, -0.05) is 6.07 Å². The molecule has 2 aromatic rings. The molecule has 4 N–H and O–H groups in total. The first-order valence-corrected chi connectivity index (χ1v) is 4.68. The highest BCUT2D eigenvalue weighted by atomic mass is 16.2. The largest absolute Gasteiger partial charge is 0.366 e. The number of nitrogens with one attached hydrogen (secondary N) is 2. The molecule has 0 saturated carbocycles. The summed E-state index contributed by atoms with van der Waals surface area (Å²) in [7, 11) is 0. The van der Waals surface area contributed by atoms with Crippen LogP contribution in [0.25, 0.3) is 0 Å². The van der Waals surface area contributed by atoms with E-state index in [0.717, 1.165) is 0 Å². The number of nitriles is 1. The molecule has 1 heterocycles. The molecule has 0 unspecified atom stereocenters. The predicted molar refractivity (Wildman–Crippen MR) is 59.9 cm³/mol. The Morgan fingerprint density at radius 1 is 1.53 bits per heavy atom. The van der Waals surface area contributed by atoms with Gasteiger partial charge in [-0.25, -0.2) is 0 Å². The van der Waals surface area contributed by atoms with Crippen molar-refractivity contribution < 1.29 is 4.79 Å². The van der Waals surface area contributed by atoms with Gasteiger partial charge in [0.05, 0.1) is 11.6 Å². The maximum absolute atomic E-state index is 11.6. The molecule has 0 saturated heterocycles. The van der Waals surface area contributed by atoms with Crippen molar-refractivity contribution in [1.82, 2.24) is 15.2 Å². The van der Waals surface area contributed by atoms with Gasteiger partial charge in [-0.3, -0.25) is 9.89 Å². The number of nitrogens with two attached hydrogens (primary N) is 1. The second-order valence-corrected chi connectivity index (χ2v) is 3.19. The summed E-state index contributed by atoms with van der Waals surface area (Å²) < 4.78 is 0. The smallest absolute Gasteiger partial charge is 0.293 e. The number of carbonyl (C=O) groups excluding carboxylic acids is 1. The number of hydrogen-bond donors (Lipinski definition) is 3. The molecule has 0 aliphatic rings. The molecule has 0 radical (unpaired) electrons. The lowest BCUT2D eigenvalue weighted by Crippen LogP contribution is -2.13. The van der Waals surface area contributed by atoms with Gasteiger partial charge in [-0.2, -0.15) is 10.2 Å². The summed E-state index contributed by atoms with van der Waals surface area (Å²) in [4.78, 5) is 15.3. The number of anilines is 2. The molecule has 0 fully saturated rings. The third-order valence-corrected chi connectivity index (χ3v) is 1.97. The molecule has 17 heavy (non-hydrogen) atoms. The zero-order chi connectivity index (χ0) is 12.3. The number of nitrogen functional groups attached to an aromatic ring is 1. The lowest BCUT2D eigenvalue weighted by molar-refractivity contribution is 0.101. The van der Waals surface area contributed by atoms with E-state index in [4.69, 9.17) is 11.0 Å². The van der Waals surface area contributed by atoms with Gasteiger partial charge in [0.2, 0.25) is 11.8 Å². The van der Waals surface area contributed by atoms with Crippen LogP contribution in [0.5, 0.6) is 0 Å². The van der Waals surface area contributed by atoms with Gasteiger partial charge in [0.25, 0.3) is 5.91 Å². The first-order chi connectivity index (χ1) is 8.19. The zero-order valence-corrected chi connectivity index (χ0v) is 8.64. The highest BCUT2D eigenvalue weighted by Gasteiger charge is 2.10. The Bertz CT molecular complexity index is 597. The Hall–Kier alpha value is -2.88. The number of hydrogen-bond acceptors (Lipinski definition) is 5. The van der Waals surface area contributed by atoms with Crippen molar-refractivity contribution >= 4 is 17.5 Å². The summed E-state index contributed by atoms with van der Waals surface area (Å²) >= 11 is 0. The SMILES string of the molecule is N#Cc1cccc(NC(=O)c2nc(N)n[nH]2)c1. The number of carbonyl (C=O) groups is 1. The Morgan fingerprint density at radius 2 is 2.35 bits per heavy atom. The van der Waals surface area contributed by atoms with Crippen LogP contribution in [-0.2, 0) is 0 Å². The topological polar surface area (TPSA) is 120 Å². The molecule has 0 aliphatic carbocycles. The second kappa shape index (κ2) is 4.32. The minimum absolute atomic E-state index is 0.000857. The summed E-state index contributed by atoms with van der Waals surface area (Å²) in [5, 5.41) is 17.2. The molecular weight excluding hydrogens is 220 g/mol. The molecule has 7 nitrogen and oxygen atoms in total. The van der Waals surface area contributed by atoms with Crippen LogP contribution in [-0.4, -0.2) is 21.1 Å². The van der Waals surface area contributed by atoms with Crippen LogP contribution in [0.15, 0.2) is 24.3 Å². The minimum atomic E-state index is -0.468. The van der Waals surface area contributed by atoms with E-state index in [2.05, 4.69) is 20.5 Å². The summed E-state index contributed by atoms with van der Waals surface area (Å²) in [6.45, 7) is 0. The van der Waals surface area contributed by atoms with Crippen LogP contribution in [0.2, 0.25) is 0 Å². The average Bonchev–Trinajstić information content (AvgIpc) is 2.76. The first kappa shape index (κ1) is 10.6. The lowest BCUT2D eigenvalue weighted by atomic mass is 10.2. The fourth-order valence-electron chi connectivity index (χ4n) is 1.23. The summed E-state index contributed by atoms with van der Waals surface area (Å²) in [6, 6.07) is 8.51. The fraction of sp³-hybridized carbons (Fsp3) is 0. The zero-order valence-electron chi connectivity index (χ0n) is 8.64. The van der Waals surface area contributed by atoms with E-state index in [1.165, 1.54) is 0 Å². The third kappa shape index (κ3) is 2.38. The molecule has 1 amide bonds. The lowest BCUT2D eigenvalue weighted by Gasteiger charge is -2.02. The van der Waals surface area contributed by atoms with Gasteiger partial charge in [0.1, 0.15) is 0 Å². The quantitative estimate of drug-likeness (QED) is 0.691. The Balaban J connectivity index is 2.16. The number of nitrogens with zero attached hydrogens (tertiary/aromatic N) is 3. The summed E-state index contributed by atoms with van der Waals surface area (Å²) in [5.74, 6) is -0.449. The minimum Gasteiger partial charge on any atom is -0.366 e. The van der Waals surface area contributed by atoms with Crippen molar-refractivity contribution in [2.24, 2.45) is 0 Å². The van der Waals surface area contributed by atoms with Crippen LogP contribution < -0.4 is 11.1 Å². The number of benzene rings is 1. The summed E-state index contributed by atoms with van der Waals surface area (Å²) in [5.41, 5.74) is 6.24. The van der Waals surface area contributed by atoms with Gasteiger partial charge in [0.15, 0.2) is 0 Å². The normalized spacial score (nSPS) is 9.59. The molecule has 2 rings (SSSR count). The third-order valence-electron chi connectivity index (χ3n) is 1.97. The van der Waals surface area contributed by atoms with Gasteiger partial charge in [-0.05, 0) is 18.2 Å². The van der Waals surface area contributed by atoms with E-state index >= 15 is 0 Å². The molecule has 84 valence electrons. The van der Waals surface area contributed by atoms with Crippen LogP contribution in [0.1, 0.15) is 16.2 Å². The molecule has 0 atom stereocenters. The van der Waals surface area contributed by atoms with Crippen molar-refractivity contribution in [3.8, 4) is 6.07 Å². The van der Waals surface area contributed by atoms with Gasteiger partial charge >= 0.3 is 0 Å². The predicted octanol–water partition coefficient (Wildman–Crippen LogP) is 0.511. The second-order valence-electron chi connectivity index (χ2n) is 3.19. The van der Waals surface area contributed by atoms with Crippen molar-refractivity contribution in [2.45, 2.75) is 0 Å². The number of aromatic amines is 1. The average molecular weight is 228 g/mol. The highest BCUT2D eigenvalue weighted by molar-refractivity contribution is 6.01. The van der Waals surface area contributed by atoms with Gasteiger partial charge in [-0.15, -0.1) is 5.10 Å². The Labute approximate surface area is 96.3 Å². The van der Waals surface area contributed by atoms with E-state index in [9.17, 15) is 4.79 Å². The maximum atomic E-state index is 11.6. The first-order valence-electron chi connectivity index (χ1n) is 4.68. The molecular formula is C10H8N6O. The van der Waals surface area contributed by atoms with Crippen molar-refractivity contribution in [2.75, 3.05) is 11.1 Å².